The molecule has 2 N–H and O–H groups in total. The molecule has 0 saturated heterocycles. The van der Waals surface area contributed by atoms with Crippen molar-refractivity contribution in [2.24, 2.45) is 0 Å². The molecule has 1 aromatic heterocycles. The van der Waals surface area contributed by atoms with E-state index in [2.05, 4.69) is 27.5 Å². The Kier molecular flexibility index (Phi) is 6.14. The fourth-order valence-corrected chi connectivity index (χ4v) is 2.00. The maximum Gasteiger partial charge on any atom is 0.332 e. The number of aryl methyl sites for hydroxylation is 1. The molecule has 0 spiro atoms. The smallest absolute Gasteiger partial charge is 0.332 e. The molecule has 0 aliphatic carbocycles. The van der Waals surface area contributed by atoms with Gasteiger partial charge in [0, 0.05) is 13.1 Å². The predicted octanol–water partition coefficient (Wildman–Crippen LogP) is 3.12. The number of nitro groups is 1. The first-order valence-electron chi connectivity index (χ1n) is 6.96. The van der Waals surface area contributed by atoms with Crippen LogP contribution in [0.2, 0.25) is 0 Å². The Morgan fingerprint density at radius 2 is 2.05 bits per heavy atom. The summed E-state index contributed by atoms with van der Waals surface area (Å²) < 4.78 is 0. The molecular weight excluding hydrogens is 258 g/mol. The fraction of sp³-hybridized carbons (Fsp3) is 0.692. The molecule has 1 rings (SSSR count). The van der Waals surface area contributed by atoms with Crippen LogP contribution in [0.5, 0.6) is 0 Å². The zero-order chi connectivity index (χ0) is 15.1. The highest BCUT2D eigenvalue weighted by Crippen LogP contribution is 2.27. The summed E-state index contributed by atoms with van der Waals surface area (Å²) in [6.45, 7) is 5.78. The zero-order valence-corrected chi connectivity index (χ0v) is 12.6. The second kappa shape index (κ2) is 7.62. The second-order valence-electron chi connectivity index (χ2n) is 4.88. The van der Waals surface area contributed by atoms with Gasteiger partial charge in [0.2, 0.25) is 11.8 Å². The molecule has 0 fully saturated rings. The Morgan fingerprint density at radius 3 is 2.60 bits per heavy atom. The molecule has 1 atom stereocenters. The van der Waals surface area contributed by atoms with Crippen molar-refractivity contribution >= 4 is 17.5 Å². The Morgan fingerprint density at radius 1 is 1.35 bits per heavy atom. The highest BCUT2D eigenvalue weighted by atomic mass is 16.6. The molecule has 0 saturated carbocycles. The summed E-state index contributed by atoms with van der Waals surface area (Å²) in [4.78, 5) is 18.9. The molecule has 1 heterocycles. The SMILES string of the molecule is CCCCCC(C)Nc1nc(NC)nc(C)c1[N+](=O)[O-]. The van der Waals surface area contributed by atoms with E-state index in [-0.39, 0.29) is 17.5 Å². The third-order valence-corrected chi connectivity index (χ3v) is 3.09. The van der Waals surface area contributed by atoms with Crippen LogP contribution in [0.3, 0.4) is 0 Å². The van der Waals surface area contributed by atoms with E-state index in [4.69, 9.17) is 0 Å². The first-order chi connectivity index (χ1) is 9.49. The molecule has 0 radical (unpaired) electrons. The van der Waals surface area contributed by atoms with E-state index in [1.165, 1.54) is 6.42 Å². The number of nitrogens with one attached hydrogen (secondary N) is 2. The van der Waals surface area contributed by atoms with Gasteiger partial charge in [0.25, 0.3) is 0 Å². The van der Waals surface area contributed by atoms with Crippen LogP contribution < -0.4 is 10.6 Å². The lowest BCUT2D eigenvalue weighted by molar-refractivity contribution is -0.385. The van der Waals surface area contributed by atoms with E-state index in [0.717, 1.165) is 19.3 Å². The summed E-state index contributed by atoms with van der Waals surface area (Å²) >= 11 is 0. The number of rotatable bonds is 8. The van der Waals surface area contributed by atoms with E-state index in [1.54, 1.807) is 14.0 Å². The van der Waals surface area contributed by atoms with Crippen molar-refractivity contribution in [2.75, 3.05) is 17.7 Å². The first kappa shape index (κ1) is 16.1. The Bertz CT molecular complexity index is 464. The Hall–Kier alpha value is -1.92. The predicted molar refractivity (Wildman–Crippen MR) is 80.2 cm³/mol. The van der Waals surface area contributed by atoms with Gasteiger partial charge in [-0.25, -0.2) is 4.98 Å². The largest absolute Gasteiger partial charge is 0.362 e. The van der Waals surface area contributed by atoms with E-state index >= 15 is 0 Å². The van der Waals surface area contributed by atoms with Gasteiger partial charge in [0.15, 0.2) is 0 Å². The molecule has 7 nitrogen and oxygen atoms in total. The molecule has 0 aliphatic heterocycles. The lowest BCUT2D eigenvalue weighted by Gasteiger charge is -2.15. The lowest BCUT2D eigenvalue weighted by atomic mass is 10.1. The van der Waals surface area contributed by atoms with Crippen molar-refractivity contribution < 1.29 is 4.92 Å². The number of aromatic nitrogens is 2. The second-order valence-corrected chi connectivity index (χ2v) is 4.88. The lowest BCUT2D eigenvalue weighted by Crippen LogP contribution is -2.18. The van der Waals surface area contributed by atoms with Gasteiger partial charge in [-0.15, -0.1) is 0 Å². The van der Waals surface area contributed by atoms with Gasteiger partial charge in [0.1, 0.15) is 5.69 Å². The summed E-state index contributed by atoms with van der Waals surface area (Å²) in [5, 5.41) is 17.1. The quantitative estimate of drug-likeness (QED) is 0.432. The summed E-state index contributed by atoms with van der Waals surface area (Å²) in [5.74, 6) is 0.673. The maximum absolute atomic E-state index is 11.1. The molecule has 0 aliphatic rings. The van der Waals surface area contributed by atoms with Gasteiger partial charge in [-0.3, -0.25) is 10.1 Å². The van der Waals surface area contributed by atoms with Crippen LogP contribution in [-0.4, -0.2) is 28.0 Å². The highest BCUT2D eigenvalue weighted by Gasteiger charge is 2.22. The minimum absolute atomic E-state index is 0.0497. The van der Waals surface area contributed by atoms with Crippen molar-refractivity contribution in [3.63, 3.8) is 0 Å². The van der Waals surface area contributed by atoms with Crippen LogP contribution in [0, 0.1) is 17.0 Å². The maximum atomic E-state index is 11.1. The molecule has 1 aromatic rings. The summed E-state index contributed by atoms with van der Waals surface area (Å²) in [7, 11) is 1.69. The van der Waals surface area contributed by atoms with Crippen LogP contribution in [0.15, 0.2) is 0 Å². The fourth-order valence-electron chi connectivity index (χ4n) is 2.00. The molecule has 0 bridgehead atoms. The van der Waals surface area contributed by atoms with E-state index in [9.17, 15) is 10.1 Å². The van der Waals surface area contributed by atoms with Crippen LogP contribution in [0.4, 0.5) is 17.5 Å². The first-order valence-corrected chi connectivity index (χ1v) is 6.96. The van der Waals surface area contributed by atoms with Crippen molar-refractivity contribution in [3.05, 3.63) is 15.8 Å². The van der Waals surface area contributed by atoms with Crippen molar-refractivity contribution in [1.82, 2.24) is 9.97 Å². The molecule has 0 aromatic carbocycles. The highest BCUT2D eigenvalue weighted by molar-refractivity contribution is 5.61. The third-order valence-electron chi connectivity index (χ3n) is 3.09. The molecule has 20 heavy (non-hydrogen) atoms. The standard InChI is InChI=1S/C13H23N5O2/c1-5-6-7-8-9(2)15-12-11(18(19)20)10(3)16-13(14-4)17-12/h9H,5-8H2,1-4H3,(H2,14,15,16,17). The molecule has 112 valence electrons. The molecule has 7 heteroatoms. The summed E-state index contributed by atoms with van der Waals surface area (Å²) in [6.07, 6.45) is 4.38. The average Bonchev–Trinajstić information content (AvgIpc) is 2.37. The molecular formula is C13H23N5O2. The van der Waals surface area contributed by atoms with Gasteiger partial charge in [-0.1, -0.05) is 26.2 Å². The van der Waals surface area contributed by atoms with Gasteiger partial charge >= 0.3 is 5.69 Å². The van der Waals surface area contributed by atoms with Crippen LogP contribution in [0.1, 0.15) is 45.2 Å². The summed E-state index contributed by atoms with van der Waals surface area (Å²) in [6, 6.07) is 0.138. The summed E-state index contributed by atoms with van der Waals surface area (Å²) in [5.41, 5.74) is 0.309. The normalized spacial score (nSPS) is 12.0. The topological polar surface area (TPSA) is 93.0 Å². The van der Waals surface area contributed by atoms with Gasteiger partial charge in [0.05, 0.1) is 4.92 Å². The van der Waals surface area contributed by atoms with Crippen LogP contribution >= 0.6 is 0 Å². The van der Waals surface area contributed by atoms with E-state index < -0.39 is 4.92 Å². The monoisotopic (exact) mass is 281 g/mol. The number of hydrogen-bond acceptors (Lipinski definition) is 6. The van der Waals surface area contributed by atoms with E-state index in [0.29, 0.717) is 11.6 Å². The third kappa shape index (κ3) is 4.32. The van der Waals surface area contributed by atoms with Crippen molar-refractivity contribution in [3.8, 4) is 0 Å². The van der Waals surface area contributed by atoms with E-state index in [1.807, 2.05) is 6.92 Å². The number of unbranched alkanes of at least 4 members (excludes halogenated alkanes) is 2. The van der Waals surface area contributed by atoms with Gasteiger partial charge in [-0.05, 0) is 20.3 Å². The van der Waals surface area contributed by atoms with Crippen LogP contribution in [0.25, 0.3) is 0 Å². The van der Waals surface area contributed by atoms with Gasteiger partial charge < -0.3 is 10.6 Å². The Balaban J connectivity index is 2.91. The number of hydrogen-bond donors (Lipinski definition) is 2. The Labute approximate surface area is 119 Å². The van der Waals surface area contributed by atoms with Crippen molar-refractivity contribution in [1.29, 1.82) is 0 Å². The minimum atomic E-state index is -0.435. The molecule has 0 amide bonds. The zero-order valence-electron chi connectivity index (χ0n) is 12.6. The number of anilines is 2. The molecule has 1 unspecified atom stereocenters. The number of nitrogens with zero attached hydrogens (tertiary/aromatic N) is 3. The van der Waals surface area contributed by atoms with Crippen molar-refractivity contribution in [2.45, 2.75) is 52.5 Å². The minimum Gasteiger partial charge on any atom is -0.362 e. The van der Waals surface area contributed by atoms with Crippen LogP contribution in [-0.2, 0) is 0 Å². The average molecular weight is 281 g/mol. The van der Waals surface area contributed by atoms with Gasteiger partial charge in [-0.2, -0.15) is 4.98 Å².